The van der Waals surface area contributed by atoms with Gasteiger partial charge in [0, 0.05) is 23.7 Å². The average molecular weight is 370 g/mol. The highest BCUT2D eigenvalue weighted by Crippen LogP contribution is 2.15. The van der Waals surface area contributed by atoms with Crippen LogP contribution >= 0.6 is 0 Å². The molecular formula is C20H19F2N3O2. The molecule has 0 spiro atoms. The largest absolute Gasteiger partial charge is 0.374 e. The first-order valence-corrected chi connectivity index (χ1v) is 8.50. The van der Waals surface area contributed by atoms with Gasteiger partial charge in [0.1, 0.15) is 12.5 Å². The predicted molar refractivity (Wildman–Crippen MR) is 97.5 cm³/mol. The van der Waals surface area contributed by atoms with Gasteiger partial charge >= 0.3 is 0 Å². The molecule has 0 unspecified atom stereocenters. The Morgan fingerprint density at radius 2 is 2.11 bits per heavy atom. The van der Waals surface area contributed by atoms with Crippen molar-refractivity contribution in [3.63, 3.8) is 0 Å². The molecule has 7 heteroatoms. The van der Waals surface area contributed by atoms with Gasteiger partial charge in [0.05, 0.1) is 24.5 Å². The number of aryl methyl sites for hydroxylation is 1. The molecule has 1 amide bonds. The minimum absolute atomic E-state index is 0.0123. The molecule has 3 rings (SSSR count). The first-order valence-electron chi connectivity index (χ1n) is 8.50. The van der Waals surface area contributed by atoms with Crippen LogP contribution in [0.1, 0.15) is 27.2 Å². The SMILES string of the molecule is Cc1nc2ncccc2cc1C(=O)NCc1ccc(COCC[18F])c(F)c1. The van der Waals surface area contributed by atoms with Crippen molar-refractivity contribution in [3.8, 4) is 0 Å². The van der Waals surface area contributed by atoms with Gasteiger partial charge in [-0.3, -0.25) is 4.79 Å². The lowest BCUT2D eigenvalue weighted by Gasteiger charge is -2.10. The first kappa shape index (κ1) is 18.8. The second-order valence-electron chi connectivity index (χ2n) is 6.02. The molecule has 0 radical (unpaired) electrons. The quantitative estimate of drug-likeness (QED) is 0.647. The Hall–Kier alpha value is -2.93. The first-order chi connectivity index (χ1) is 13.1. The number of nitrogens with one attached hydrogen (secondary N) is 1. The molecule has 140 valence electrons. The molecule has 27 heavy (non-hydrogen) atoms. The average Bonchev–Trinajstić information content (AvgIpc) is 2.67. The molecule has 0 aliphatic carbocycles. The number of alkyl halides is 1. The third-order valence-corrected chi connectivity index (χ3v) is 4.07. The number of benzene rings is 1. The van der Waals surface area contributed by atoms with Crippen molar-refractivity contribution in [2.75, 3.05) is 13.3 Å². The van der Waals surface area contributed by atoms with Crippen LogP contribution in [0.4, 0.5) is 8.78 Å². The van der Waals surface area contributed by atoms with Gasteiger partial charge < -0.3 is 10.1 Å². The van der Waals surface area contributed by atoms with Crippen LogP contribution in [0.15, 0.2) is 42.6 Å². The molecule has 5 nitrogen and oxygen atoms in total. The second kappa shape index (κ2) is 8.64. The fourth-order valence-corrected chi connectivity index (χ4v) is 2.66. The molecular weight excluding hydrogens is 351 g/mol. The summed E-state index contributed by atoms with van der Waals surface area (Å²) >= 11 is 0. The Balaban J connectivity index is 1.67. The molecule has 0 saturated carbocycles. The van der Waals surface area contributed by atoms with E-state index in [0.717, 1.165) is 5.39 Å². The summed E-state index contributed by atoms with van der Waals surface area (Å²) in [5, 5.41) is 3.55. The van der Waals surface area contributed by atoms with E-state index < -0.39 is 12.5 Å². The van der Waals surface area contributed by atoms with Crippen LogP contribution < -0.4 is 5.32 Å². The number of halogens is 2. The van der Waals surface area contributed by atoms with Gasteiger partial charge in [-0.2, -0.15) is 0 Å². The maximum absolute atomic E-state index is 14.1. The summed E-state index contributed by atoms with van der Waals surface area (Å²) in [5.41, 5.74) is 2.57. The lowest BCUT2D eigenvalue weighted by Crippen LogP contribution is -2.24. The summed E-state index contributed by atoms with van der Waals surface area (Å²) in [6, 6.07) is 9.97. The number of aromatic nitrogens is 2. The van der Waals surface area contributed by atoms with Crippen LogP contribution in [0.2, 0.25) is 0 Å². The summed E-state index contributed by atoms with van der Waals surface area (Å²) in [7, 11) is 0. The number of hydrogen-bond donors (Lipinski definition) is 1. The van der Waals surface area contributed by atoms with Crippen molar-refractivity contribution in [2.24, 2.45) is 0 Å². The molecule has 2 aromatic heterocycles. The molecule has 3 aromatic rings. The van der Waals surface area contributed by atoms with Crippen molar-refractivity contribution < 1.29 is 18.3 Å². The zero-order valence-electron chi connectivity index (χ0n) is 14.8. The van der Waals surface area contributed by atoms with E-state index >= 15 is 0 Å². The Labute approximate surface area is 155 Å². The van der Waals surface area contributed by atoms with Gasteiger partial charge in [0.2, 0.25) is 0 Å². The number of nitrogens with zero attached hydrogens (tertiary/aromatic N) is 2. The molecule has 0 aliphatic heterocycles. The fourth-order valence-electron chi connectivity index (χ4n) is 2.66. The van der Waals surface area contributed by atoms with Crippen molar-refractivity contribution in [3.05, 3.63) is 70.8 Å². The second-order valence-corrected chi connectivity index (χ2v) is 6.02. The van der Waals surface area contributed by atoms with Crippen molar-refractivity contribution in [1.82, 2.24) is 15.3 Å². The number of rotatable bonds is 7. The summed E-state index contributed by atoms with van der Waals surface area (Å²) in [5.74, 6) is -0.739. The van der Waals surface area contributed by atoms with Gasteiger partial charge in [-0.25, -0.2) is 18.7 Å². The van der Waals surface area contributed by atoms with Crippen LogP contribution in [0.3, 0.4) is 0 Å². The monoisotopic (exact) mass is 370 g/mol. The molecule has 0 aliphatic rings. The standard InChI is InChI=1S/C20H19F2N3O2/c1-13-17(10-15-3-2-7-23-19(15)25-13)20(26)24-11-14-4-5-16(18(22)9-14)12-27-8-6-21/h2-5,7,9-10H,6,8,11-12H2,1H3,(H,24,26)/i21-1. The predicted octanol–water partition coefficient (Wildman–Crippen LogP) is 3.49. The molecule has 1 aromatic carbocycles. The summed E-state index contributed by atoms with van der Waals surface area (Å²) < 4.78 is 31.1. The molecule has 0 bridgehead atoms. The summed E-state index contributed by atoms with van der Waals surface area (Å²) in [6.45, 7) is 1.26. The van der Waals surface area contributed by atoms with Crippen LogP contribution in [0, 0.1) is 12.7 Å². The minimum Gasteiger partial charge on any atom is -0.374 e. The number of pyridine rings is 2. The van der Waals surface area contributed by atoms with Crippen LogP contribution in [0.25, 0.3) is 11.0 Å². The lowest BCUT2D eigenvalue weighted by molar-refractivity contribution is 0.0949. The Morgan fingerprint density at radius 1 is 1.26 bits per heavy atom. The van der Waals surface area contributed by atoms with E-state index in [0.29, 0.717) is 28.0 Å². The van der Waals surface area contributed by atoms with Crippen LogP contribution in [0.5, 0.6) is 0 Å². The zero-order valence-corrected chi connectivity index (χ0v) is 14.8. The summed E-state index contributed by atoms with van der Waals surface area (Å²) in [4.78, 5) is 21.0. The maximum Gasteiger partial charge on any atom is 0.253 e. The van der Waals surface area contributed by atoms with Crippen LogP contribution in [-0.4, -0.2) is 29.2 Å². The Kier molecular flexibility index (Phi) is 6.03. The molecule has 0 fully saturated rings. The number of carbonyl (C=O) groups is 1. The normalized spacial score (nSPS) is 10.9. The highest BCUT2D eigenvalue weighted by atomic mass is 19.1. The molecule has 0 atom stereocenters. The number of ether oxygens (including phenoxy) is 1. The number of fused-ring (bicyclic) bond motifs is 1. The van der Waals surface area contributed by atoms with E-state index in [1.165, 1.54) is 6.07 Å². The van der Waals surface area contributed by atoms with Crippen molar-refractivity contribution >= 4 is 16.9 Å². The third-order valence-electron chi connectivity index (χ3n) is 4.07. The van der Waals surface area contributed by atoms with E-state index in [9.17, 15) is 13.6 Å². The molecule has 2 heterocycles. The van der Waals surface area contributed by atoms with Gasteiger partial charge in [-0.15, -0.1) is 0 Å². The Morgan fingerprint density at radius 3 is 2.89 bits per heavy atom. The Bertz CT molecular complexity index is 963. The topological polar surface area (TPSA) is 64.1 Å². The van der Waals surface area contributed by atoms with Gasteiger partial charge in [-0.1, -0.05) is 12.1 Å². The lowest BCUT2D eigenvalue weighted by atomic mass is 10.1. The van der Waals surface area contributed by atoms with Gasteiger partial charge in [0.25, 0.3) is 5.91 Å². The van der Waals surface area contributed by atoms with Crippen molar-refractivity contribution in [1.29, 1.82) is 0 Å². The van der Waals surface area contributed by atoms with E-state index in [2.05, 4.69) is 15.3 Å². The number of hydrogen-bond acceptors (Lipinski definition) is 4. The van der Waals surface area contributed by atoms with E-state index in [-0.39, 0.29) is 25.7 Å². The number of carbonyl (C=O) groups excluding carboxylic acids is 1. The van der Waals surface area contributed by atoms with Crippen LogP contribution in [-0.2, 0) is 17.9 Å². The van der Waals surface area contributed by atoms with Gasteiger partial charge in [0.15, 0.2) is 5.65 Å². The highest BCUT2D eigenvalue weighted by Gasteiger charge is 2.12. The fraction of sp³-hybridized carbons (Fsp3) is 0.250. The molecule has 1 N–H and O–H groups in total. The smallest absolute Gasteiger partial charge is 0.253 e. The highest BCUT2D eigenvalue weighted by molar-refractivity contribution is 5.98. The number of amides is 1. The van der Waals surface area contributed by atoms with E-state index in [1.54, 1.807) is 37.4 Å². The maximum atomic E-state index is 14.1. The zero-order chi connectivity index (χ0) is 19.2. The molecule has 0 saturated heterocycles. The third kappa shape index (κ3) is 4.62. The minimum atomic E-state index is -0.606. The van der Waals surface area contributed by atoms with Crippen molar-refractivity contribution in [2.45, 2.75) is 20.1 Å². The van der Waals surface area contributed by atoms with E-state index in [1.807, 2.05) is 6.07 Å². The van der Waals surface area contributed by atoms with Gasteiger partial charge in [-0.05, 0) is 36.8 Å². The van der Waals surface area contributed by atoms with E-state index in [4.69, 9.17) is 4.74 Å². The summed E-state index contributed by atoms with van der Waals surface area (Å²) in [6.07, 6.45) is 1.65.